The van der Waals surface area contributed by atoms with E-state index in [9.17, 15) is 0 Å². The van der Waals surface area contributed by atoms with Gasteiger partial charge in [0.2, 0.25) is 0 Å². The third-order valence-corrected chi connectivity index (χ3v) is 12.2. The molecule has 0 amide bonds. The Labute approximate surface area is 353 Å². The molecule has 286 valence electrons. The van der Waals surface area contributed by atoms with Crippen LogP contribution in [0.1, 0.15) is 0 Å². The SMILES string of the molecule is c1ccc(-c2ccc(N(c3ccc(-c4ccccc4-n4c5ccccc5c5cc6ccccc6cc54)c(-c4ccccc4)c3)c3ccc4c(c3)oc3ccccc34)cc2)cc1. The molecule has 0 bridgehead atoms. The summed E-state index contributed by atoms with van der Waals surface area (Å²) in [5.41, 5.74) is 15.4. The van der Waals surface area contributed by atoms with Gasteiger partial charge in [0.1, 0.15) is 11.2 Å². The van der Waals surface area contributed by atoms with Gasteiger partial charge in [-0.15, -0.1) is 0 Å². The van der Waals surface area contributed by atoms with Crippen LogP contribution < -0.4 is 4.90 Å². The maximum absolute atomic E-state index is 6.47. The molecule has 2 heterocycles. The Kier molecular flexibility index (Phi) is 8.17. The van der Waals surface area contributed by atoms with E-state index in [1.165, 1.54) is 43.7 Å². The van der Waals surface area contributed by atoms with Gasteiger partial charge in [-0.25, -0.2) is 0 Å². The summed E-state index contributed by atoms with van der Waals surface area (Å²) in [6.07, 6.45) is 0. The number of anilines is 3. The lowest BCUT2D eigenvalue weighted by atomic mass is 9.92. The molecule has 0 atom stereocenters. The van der Waals surface area contributed by atoms with Crippen LogP contribution in [0.3, 0.4) is 0 Å². The van der Waals surface area contributed by atoms with Crippen LogP contribution >= 0.6 is 0 Å². The van der Waals surface area contributed by atoms with E-state index in [-0.39, 0.29) is 0 Å². The fraction of sp³-hybridized carbons (Fsp3) is 0. The normalized spacial score (nSPS) is 11.6. The zero-order valence-electron chi connectivity index (χ0n) is 33.2. The van der Waals surface area contributed by atoms with Crippen LogP contribution in [0.2, 0.25) is 0 Å². The second kappa shape index (κ2) is 14.3. The van der Waals surface area contributed by atoms with Crippen molar-refractivity contribution >= 4 is 71.6 Å². The minimum absolute atomic E-state index is 0.859. The molecule has 61 heavy (non-hydrogen) atoms. The number of hydrogen-bond donors (Lipinski definition) is 0. The molecule has 0 aliphatic carbocycles. The van der Waals surface area contributed by atoms with Gasteiger partial charge in [-0.1, -0.05) is 158 Å². The third kappa shape index (κ3) is 5.90. The predicted octanol–water partition coefficient (Wildman–Crippen LogP) is 16.3. The van der Waals surface area contributed by atoms with Crippen LogP contribution in [0.25, 0.3) is 93.6 Å². The lowest BCUT2D eigenvalue weighted by molar-refractivity contribution is 0.669. The van der Waals surface area contributed by atoms with Crippen molar-refractivity contribution in [3.05, 3.63) is 231 Å². The standard InChI is InChI=1S/C58H38N2O/c1-3-15-39(16-4-1)40-27-29-44(30-28-40)59(46-32-34-51-50-23-11-14-26-57(50)61-58(51)38-46)45-31-33-47(52(37-45)41-17-5-2-6-18-41)48-21-9-12-24-54(48)60-55-25-13-10-22-49(55)53-35-42-19-7-8-20-43(42)36-56(53)60/h1-38H. The van der Waals surface area contributed by atoms with Crippen molar-refractivity contribution in [3.63, 3.8) is 0 Å². The summed E-state index contributed by atoms with van der Waals surface area (Å²) in [5.74, 6) is 0. The second-order valence-corrected chi connectivity index (χ2v) is 15.7. The highest BCUT2D eigenvalue weighted by Gasteiger charge is 2.21. The topological polar surface area (TPSA) is 21.3 Å². The fourth-order valence-electron chi connectivity index (χ4n) is 9.31. The van der Waals surface area contributed by atoms with Crippen molar-refractivity contribution in [2.24, 2.45) is 0 Å². The molecular weight excluding hydrogens is 741 g/mol. The maximum atomic E-state index is 6.47. The van der Waals surface area contributed by atoms with Crippen molar-refractivity contribution in [2.75, 3.05) is 4.90 Å². The van der Waals surface area contributed by atoms with Crippen LogP contribution in [0.5, 0.6) is 0 Å². The van der Waals surface area contributed by atoms with Crippen molar-refractivity contribution in [1.82, 2.24) is 4.57 Å². The maximum Gasteiger partial charge on any atom is 0.137 e. The lowest BCUT2D eigenvalue weighted by Gasteiger charge is -2.27. The minimum Gasteiger partial charge on any atom is -0.456 e. The van der Waals surface area contributed by atoms with Gasteiger partial charge in [0.05, 0.1) is 16.7 Å². The zero-order valence-corrected chi connectivity index (χ0v) is 33.2. The molecule has 0 N–H and O–H groups in total. The van der Waals surface area contributed by atoms with Gasteiger partial charge in [0, 0.05) is 50.2 Å². The average Bonchev–Trinajstić information content (AvgIpc) is 3.86. The summed E-state index contributed by atoms with van der Waals surface area (Å²) >= 11 is 0. The van der Waals surface area contributed by atoms with E-state index in [1.54, 1.807) is 0 Å². The van der Waals surface area contributed by atoms with Gasteiger partial charge in [-0.2, -0.15) is 0 Å². The summed E-state index contributed by atoms with van der Waals surface area (Å²) < 4.78 is 8.92. The Morgan fingerprint density at radius 3 is 1.72 bits per heavy atom. The molecule has 0 radical (unpaired) electrons. The van der Waals surface area contributed by atoms with Gasteiger partial charge >= 0.3 is 0 Å². The molecule has 0 spiro atoms. The van der Waals surface area contributed by atoms with Crippen LogP contribution in [0, 0.1) is 0 Å². The fourth-order valence-corrected chi connectivity index (χ4v) is 9.31. The first-order valence-electron chi connectivity index (χ1n) is 20.8. The number of hydrogen-bond acceptors (Lipinski definition) is 2. The lowest BCUT2D eigenvalue weighted by Crippen LogP contribution is -2.10. The predicted molar refractivity (Wildman–Crippen MR) is 257 cm³/mol. The number of nitrogens with zero attached hydrogens (tertiary/aromatic N) is 2. The van der Waals surface area contributed by atoms with Crippen LogP contribution in [-0.4, -0.2) is 4.57 Å². The average molecular weight is 779 g/mol. The van der Waals surface area contributed by atoms with E-state index in [2.05, 4.69) is 228 Å². The number of aromatic nitrogens is 1. The van der Waals surface area contributed by atoms with E-state index in [0.29, 0.717) is 0 Å². The Hall–Kier alpha value is -8.14. The van der Waals surface area contributed by atoms with Crippen LogP contribution in [0.15, 0.2) is 235 Å². The van der Waals surface area contributed by atoms with Crippen molar-refractivity contribution in [2.45, 2.75) is 0 Å². The van der Waals surface area contributed by atoms with E-state index < -0.39 is 0 Å². The zero-order chi connectivity index (χ0) is 40.3. The van der Waals surface area contributed by atoms with Gasteiger partial charge in [0.15, 0.2) is 0 Å². The van der Waals surface area contributed by atoms with Crippen molar-refractivity contribution in [1.29, 1.82) is 0 Å². The van der Waals surface area contributed by atoms with E-state index in [0.717, 1.165) is 66.9 Å². The molecule has 0 aliphatic heterocycles. The first-order chi connectivity index (χ1) is 30.2. The Bertz CT molecular complexity index is 3580. The number of fused-ring (bicyclic) bond motifs is 7. The largest absolute Gasteiger partial charge is 0.456 e. The van der Waals surface area contributed by atoms with Gasteiger partial charge in [-0.05, 0) is 105 Å². The first-order valence-corrected chi connectivity index (χ1v) is 20.8. The molecule has 0 unspecified atom stereocenters. The first kappa shape index (κ1) is 34.9. The van der Waals surface area contributed by atoms with E-state index >= 15 is 0 Å². The van der Waals surface area contributed by atoms with Gasteiger partial charge < -0.3 is 13.9 Å². The highest BCUT2D eigenvalue weighted by atomic mass is 16.3. The molecule has 12 aromatic rings. The molecule has 3 heteroatoms. The summed E-state index contributed by atoms with van der Waals surface area (Å²) in [6.45, 7) is 0. The summed E-state index contributed by atoms with van der Waals surface area (Å²) in [7, 11) is 0. The monoisotopic (exact) mass is 778 g/mol. The van der Waals surface area contributed by atoms with E-state index in [1.807, 2.05) is 12.1 Å². The number of para-hydroxylation sites is 3. The molecule has 12 rings (SSSR count). The summed E-state index contributed by atoms with van der Waals surface area (Å²) in [5, 5.41) is 7.18. The van der Waals surface area contributed by atoms with E-state index in [4.69, 9.17) is 4.42 Å². The Morgan fingerprint density at radius 2 is 0.902 bits per heavy atom. The summed E-state index contributed by atoms with van der Waals surface area (Å²) in [6, 6.07) is 83.0. The number of furan rings is 1. The van der Waals surface area contributed by atoms with Gasteiger partial charge in [-0.3, -0.25) is 0 Å². The molecular formula is C58H38N2O. The Morgan fingerprint density at radius 1 is 0.311 bits per heavy atom. The van der Waals surface area contributed by atoms with Crippen LogP contribution in [0.4, 0.5) is 17.1 Å². The van der Waals surface area contributed by atoms with Crippen LogP contribution in [-0.2, 0) is 0 Å². The van der Waals surface area contributed by atoms with Crippen molar-refractivity contribution in [3.8, 4) is 39.1 Å². The highest BCUT2D eigenvalue weighted by Crippen LogP contribution is 2.45. The molecule has 0 saturated carbocycles. The number of rotatable bonds is 7. The molecule has 2 aromatic heterocycles. The smallest absolute Gasteiger partial charge is 0.137 e. The third-order valence-electron chi connectivity index (χ3n) is 12.2. The quantitative estimate of drug-likeness (QED) is 0.161. The molecule has 0 aliphatic rings. The molecule has 0 saturated heterocycles. The molecule has 0 fully saturated rings. The summed E-state index contributed by atoms with van der Waals surface area (Å²) in [4.78, 5) is 2.35. The molecule has 10 aromatic carbocycles. The minimum atomic E-state index is 0.859. The molecule has 3 nitrogen and oxygen atoms in total. The van der Waals surface area contributed by atoms with Gasteiger partial charge in [0.25, 0.3) is 0 Å². The van der Waals surface area contributed by atoms with Crippen molar-refractivity contribution < 1.29 is 4.42 Å². The highest BCUT2D eigenvalue weighted by molar-refractivity contribution is 6.14. The second-order valence-electron chi connectivity index (χ2n) is 15.7. The number of benzene rings is 10. The Balaban J connectivity index is 1.07.